The van der Waals surface area contributed by atoms with Crippen LogP contribution in [-0.4, -0.2) is 63.2 Å². The Morgan fingerprint density at radius 1 is 1.22 bits per heavy atom. The zero-order chi connectivity index (χ0) is 18.8. The van der Waals surface area contributed by atoms with Gasteiger partial charge in [0.1, 0.15) is 5.75 Å². The summed E-state index contributed by atoms with van der Waals surface area (Å²) in [5, 5.41) is 3.01. The Balaban J connectivity index is 0.00000364. The van der Waals surface area contributed by atoms with E-state index in [2.05, 4.69) is 19.9 Å². The quantitative estimate of drug-likeness (QED) is 0.247. The van der Waals surface area contributed by atoms with E-state index in [0.717, 1.165) is 44.8 Å². The third-order valence-corrected chi connectivity index (χ3v) is 3.90. The largest absolute Gasteiger partial charge is 0.573 e. The Labute approximate surface area is 174 Å². The molecule has 1 fully saturated rings. The molecule has 6 nitrogen and oxygen atoms in total. The normalized spacial score (nSPS) is 15.9. The molecule has 154 valence electrons. The first-order chi connectivity index (χ1) is 12.4. The molecule has 27 heavy (non-hydrogen) atoms. The van der Waals surface area contributed by atoms with Gasteiger partial charge in [-0.3, -0.25) is 9.89 Å². The number of hydrogen-bond acceptors (Lipinski definition) is 4. The van der Waals surface area contributed by atoms with Crippen LogP contribution in [0.2, 0.25) is 0 Å². The zero-order valence-corrected chi connectivity index (χ0v) is 17.3. The van der Waals surface area contributed by atoms with Crippen LogP contribution in [0.25, 0.3) is 0 Å². The molecule has 0 radical (unpaired) electrons. The highest BCUT2D eigenvalue weighted by molar-refractivity contribution is 14.0. The predicted molar refractivity (Wildman–Crippen MR) is 109 cm³/mol. The van der Waals surface area contributed by atoms with Crippen molar-refractivity contribution in [1.29, 1.82) is 0 Å². The standard InChI is InChI=1S/C17H25F3N4O2.HI/c18-17(19,20)26-15-4-2-14(3-5-15)6-8-23-16(21)22-7-1-9-24-10-12-25-13-11-24;/h2-5H,1,6-13H2,(H3,21,22,23);1H. The van der Waals surface area contributed by atoms with Crippen molar-refractivity contribution in [3.63, 3.8) is 0 Å². The first kappa shape index (κ1) is 23.8. The molecule has 0 atom stereocenters. The van der Waals surface area contributed by atoms with Gasteiger partial charge in [-0.15, -0.1) is 37.1 Å². The Bertz CT molecular complexity index is 564. The van der Waals surface area contributed by atoms with E-state index in [4.69, 9.17) is 10.5 Å². The Kier molecular flexibility index (Phi) is 10.8. The van der Waals surface area contributed by atoms with E-state index in [1.807, 2.05) is 0 Å². The van der Waals surface area contributed by atoms with E-state index in [1.165, 1.54) is 12.1 Å². The molecular weight excluding hydrogens is 476 g/mol. The number of aliphatic imine (C=N–C) groups is 1. The smallest absolute Gasteiger partial charge is 0.406 e. The molecule has 0 unspecified atom stereocenters. The third kappa shape index (κ3) is 10.6. The predicted octanol–water partition coefficient (Wildman–Crippen LogP) is 2.37. The second kappa shape index (κ2) is 12.2. The maximum atomic E-state index is 12.1. The number of morpholine rings is 1. The van der Waals surface area contributed by atoms with Gasteiger partial charge in [0.2, 0.25) is 0 Å². The van der Waals surface area contributed by atoms with Gasteiger partial charge in [0.25, 0.3) is 0 Å². The molecule has 1 aromatic rings. The summed E-state index contributed by atoms with van der Waals surface area (Å²) in [6.45, 7) is 5.69. The first-order valence-electron chi connectivity index (χ1n) is 8.61. The van der Waals surface area contributed by atoms with Gasteiger partial charge in [0.05, 0.1) is 13.2 Å². The number of alkyl halides is 3. The lowest BCUT2D eigenvalue weighted by Gasteiger charge is -2.26. The number of halogens is 4. The van der Waals surface area contributed by atoms with E-state index >= 15 is 0 Å². The van der Waals surface area contributed by atoms with Crippen molar-refractivity contribution in [2.45, 2.75) is 19.2 Å². The number of nitrogens with two attached hydrogens (primary N) is 1. The Morgan fingerprint density at radius 2 is 1.89 bits per heavy atom. The molecule has 0 saturated carbocycles. The molecular formula is C17H26F3IN4O2. The minimum absolute atomic E-state index is 0. The van der Waals surface area contributed by atoms with Crippen LogP contribution in [0.4, 0.5) is 13.2 Å². The van der Waals surface area contributed by atoms with Gasteiger partial charge in [-0.25, -0.2) is 0 Å². The first-order valence-corrected chi connectivity index (χ1v) is 8.61. The molecule has 0 aromatic heterocycles. The van der Waals surface area contributed by atoms with Crippen molar-refractivity contribution in [3.05, 3.63) is 29.8 Å². The number of ether oxygens (including phenoxy) is 2. The molecule has 0 bridgehead atoms. The highest BCUT2D eigenvalue weighted by Gasteiger charge is 2.30. The van der Waals surface area contributed by atoms with Gasteiger partial charge in [0, 0.05) is 32.7 Å². The SMILES string of the molecule is I.NC(=NCCCN1CCOCC1)NCCc1ccc(OC(F)(F)F)cc1. The van der Waals surface area contributed by atoms with Crippen molar-refractivity contribution in [3.8, 4) is 5.75 Å². The van der Waals surface area contributed by atoms with E-state index in [0.29, 0.717) is 25.5 Å². The topological polar surface area (TPSA) is 72.1 Å². The summed E-state index contributed by atoms with van der Waals surface area (Å²) in [4.78, 5) is 6.62. The number of nitrogens with one attached hydrogen (secondary N) is 1. The van der Waals surface area contributed by atoms with Crippen LogP contribution >= 0.6 is 24.0 Å². The van der Waals surface area contributed by atoms with Crippen LogP contribution in [0, 0.1) is 0 Å². The van der Waals surface area contributed by atoms with Crippen LogP contribution in [0.5, 0.6) is 5.75 Å². The van der Waals surface area contributed by atoms with Crippen LogP contribution in [0.15, 0.2) is 29.3 Å². The maximum Gasteiger partial charge on any atom is 0.573 e. The van der Waals surface area contributed by atoms with Gasteiger partial charge in [-0.05, 0) is 30.5 Å². The summed E-state index contributed by atoms with van der Waals surface area (Å²) in [7, 11) is 0. The van der Waals surface area contributed by atoms with Crippen molar-refractivity contribution < 1.29 is 22.6 Å². The average molecular weight is 502 g/mol. The number of rotatable bonds is 8. The van der Waals surface area contributed by atoms with Gasteiger partial charge >= 0.3 is 6.36 Å². The fourth-order valence-electron chi connectivity index (χ4n) is 2.57. The lowest BCUT2D eigenvalue weighted by atomic mass is 10.1. The molecule has 0 aliphatic carbocycles. The van der Waals surface area contributed by atoms with Crippen molar-refractivity contribution in [2.24, 2.45) is 10.7 Å². The highest BCUT2D eigenvalue weighted by Crippen LogP contribution is 2.22. The zero-order valence-electron chi connectivity index (χ0n) is 15.0. The van der Waals surface area contributed by atoms with Gasteiger partial charge < -0.3 is 20.5 Å². The summed E-state index contributed by atoms with van der Waals surface area (Å²) in [6, 6.07) is 5.79. The number of guanidine groups is 1. The molecule has 1 aliphatic heterocycles. The molecule has 3 N–H and O–H groups in total. The second-order valence-electron chi connectivity index (χ2n) is 5.94. The van der Waals surface area contributed by atoms with E-state index < -0.39 is 6.36 Å². The molecule has 1 heterocycles. The van der Waals surface area contributed by atoms with Crippen LogP contribution in [0.3, 0.4) is 0 Å². The van der Waals surface area contributed by atoms with E-state index in [1.54, 1.807) is 12.1 Å². The molecule has 0 spiro atoms. The average Bonchev–Trinajstić information content (AvgIpc) is 2.60. The molecule has 1 aliphatic rings. The minimum Gasteiger partial charge on any atom is -0.406 e. The monoisotopic (exact) mass is 502 g/mol. The number of benzene rings is 1. The fraction of sp³-hybridized carbons (Fsp3) is 0.588. The summed E-state index contributed by atoms with van der Waals surface area (Å²) >= 11 is 0. The third-order valence-electron chi connectivity index (χ3n) is 3.90. The summed E-state index contributed by atoms with van der Waals surface area (Å²) in [5.41, 5.74) is 6.69. The molecule has 10 heteroatoms. The van der Waals surface area contributed by atoms with Crippen molar-refractivity contribution in [1.82, 2.24) is 10.2 Å². The summed E-state index contributed by atoms with van der Waals surface area (Å²) < 4.78 is 45.4. The number of nitrogens with zero attached hydrogens (tertiary/aromatic N) is 2. The molecule has 2 rings (SSSR count). The minimum atomic E-state index is -4.67. The Morgan fingerprint density at radius 3 is 2.52 bits per heavy atom. The summed E-state index contributed by atoms with van der Waals surface area (Å²) in [5.74, 6) is 0.152. The van der Waals surface area contributed by atoms with E-state index in [9.17, 15) is 13.2 Å². The lowest BCUT2D eigenvalue weighted by Crippen LogP contribution is -2.37. The van der Waals surface area contributed by atoms with E-state index in [-0.39, 0.29) is 29.7 Å². The lowest BCUT2D eigenvalue weighted by molar-refractivity contribution is -0.274. The van der Waals surface area contributed by atoms with Crippen molar-refractivity contribution >= 4 is 29.9 Å². The van der Waals surface area contributed by atoms with Crippen molar-refractivity contribution in [2.75, 3.05) is 45.9 Å². The van der Waals surface area contributed by atoms with Gasteiger partial charge in [-0.1, -0.05) is 12.1 Å². The second-order valence-corrected chi connectivity index (χ2v) is 5.94. The summed E-state index contributed by atoms with van der Waals surface area (Å²) in [6.07, 6.45) is -3.12. The number of hydrogen-bond donors (Lipinski definition) is 2. The van der Waals surface area contributed by atoms with Crippen LogP contribution < -0.4 is 15.8 Å². The Hall–Kier alpha value is -1.27. The van der Waals surface area contributed by atoms with Crippen LogP contribution in [0.1, 0.15) is 12.0 Å². The highest BCUT2D eigenvalue weighted by atomic mass is 127. The van der Waals surface area contributed by atoms with Gasteiger partial charge in [-0.2, -0.15) is 0 Å². The van der Waals surface area contributed by atoms with Gasteiger partial charge in [0.15, 0.2) is 5.96 Å². The maximum absolute atomic E-state index is 12.1. The fourth-order valence-corrected chi connectivity index (χ4v) is 2.57. The molecule has 1 saturated heterocycles. The molecule has 0 amide bonds. The molecule has 1 aromatic carbocycles. The van der Waals surface area contributed by atoms with Crippen LogP contribution in [-0.2, 0) is 11.2 Å².